The van der Waals surface area contributed by atoms with Crippen LogP contribution in [0.4, 0.5) is 5.00 Å². The molecule has 0 aliphatic rings. The zero-order valence-electron chi connectivity index (χ0n) is 19.8. The first-order valence-corrected chi connectivity index (χ1v) is 12.1. The SMILES string of the molecule is CCOC(=O)c1c(NC(=O)/C(C#N)=C/c2cn(Cc3ccccc3)c3ccccc23)sc(C)c1C. The van der Waals surface area contributed by atoms with E-state index in [9.17, 15) is 14.9 Å². The van der Waals surface area contributed by atoms with E-state index in [1.807, 2.05) is 68.6 Å². The molecule has 0 aliphatic heterocycles. The summed E-state index contributed by atoms with van der Waals surface area (Å²) < 4.78 is 7.27. The number of esters is 1. The molecule has 2 aromatic heterocycles. The van der Waals surface area contributed by atoms with Crippen LogP contribution in [0.2, 0.25) is 0 Å². The number of carbonyl (C=O) groups excluding carboxylic acids is 2. The lowest BCUT2D eigenvalue weighted by atomic mass is 10.1. The molecule has 0 spiro atoms. The van der Waals surface area contributed by atoms with Crippen LogP contribution in [-0.4, -0.2) is 23.1 Å². The molecule has 0 unspecified atom stereocenters. The molecule has 2 heterocycles. The Labute approximate surface area is 208 Å². The van der Waals surface area contributed by atoms with E-state index < -0.39 is 11.9 Å². The Kier molecular flexibility index (Phi) is 7.14. The summed E-state index contributed by atoms with van der Waals surface area (Å²) in [7, 11) is 0. The second-order valence-corrected chi connectivity index (χ2v) is 9.27. The van der Waals surface area contributed by atoms with Crippen LogP contribution < -0.4 is 5.32 Å². The van der Waals surface area contributed by atoms with Crippen molar-refractivity contribution in [3.05, 3.63) is 93.5 Å². The number of carbonyl (C=O) groups is 2. The van der Waals surface area contributed by atoms with Gasteiger partial charge in [0.2, 0.25) is 0 Å². The molecule has 0 saturated carbocycles. The summed E-state index contributed by atoms with van der Waals surface area (Å²) in [6, 6.07) is 20.0. The lowest BCUT2D eigenvalue weighted by molar-refractivity contribution is -0.112. The predicted molar refractivity (Wildman–Crippen MR) is 139 cm³/mol. The summed E-state index contributed by atoms with van der Waals surface area (Å²) in [5.74, 6) is -1.06. The predicted octanol–water partition coefficient (Wildman–Crippen LogP) is 6.09. The molecule has 176 valence electrons. The number of hydrogen-bond donors (Lipinski definition) is 1. The molecule has 0 atom stereocenters. The van der Waals surface area contributed by atoms with Gasteiger partial charge in [0.1, 0.15) is 16.6 Å². The van der Waals surface area contributed by atoms with Gasteiger partial charge in [0.05, 0.1) is 12.2 Å². The fourth-order valence-corrected chi connectivity index (χ4v) is 4.98. The number of rotatable bonds is 7. The van der Waals surface area contributed by atoms with Crippen LogP contribution in [-0.2, 0) is 16.1 Å². The maximum Gasteiger partial charge on any atom is 0.341 e. The highest BCUT2D eigenvalue weighted by Crippen LogP contribution is 2.33. The molecule has 0 saturated heterocycles. The summed E-state index contributed by atoms with van der Waals surface area (Å²) in [5, 5.41) is 13.9. The molecule has 35 heavy (non-hydrogen) atoms. The van der Waals surface area contributed by atoms with Gasteiger partial charge in [0.25, 0.3) is 5.91 Å². The van der Waals surface area contributed by atoms with E-state index in [-0.39, 0.29) is 12.2 Å². The minimum Gasteiger partial charge on any atom is -0.462 e. The van der Waals surface area contributed by atoms with Crippen LogP contribution in [0.3, 0.4) is 0 Å². The Morgan fingerprint density at radius 1 is 1.11 bits per heavy atom. The topological polar surface area (TPSA) is 84.1 Å². The fraction of sp³-hybridized carbons (Fsp3) is 0.179. The molecule has 6 nitrogen and oxygen atoms in total. The number of benzene rings is 2. The largest absolute Gasteiger partial charge is 0.462 e. The lowest BCUT2D eigenvalue weighted by Crippen LogP contribution is -2.16. The Morgan fingerprint density at radius 2 is 1.83 bits per heavy atom. The number of anilines is 1. The minimum atomic E-state index is -0.570. The Morgan fingerprint density at radius 3 is 2.54 bits per heavy atom. The van der Waals surface area contributed by atoms with E-state index in [0.717, 1.165) is 32.5 Å². The van der Waals surface area contributed by atoms with Crippen LogP contribution in [0.15, 0.2) is 66.4 Å². The van der Waals surface area contributed by atoms with Crippen LogP contribution in [0.1, 0.15) is 38.8 Å². The van der Waals surface area contributed by atoms with E-state index in [4.69, 9.17) is 4.74 Å². The molecule has 2 aromatic carbocycles. The molecular weight excluding hydrogens is 458 g/mol. The number of fused-ring (bicyclic) bond motifs is 1. The average molecular weight is 484 g/mol. The van der Waals surface area contributed by atoms with Gasteiger partial charge in [-0.3, -0.25) is 4.79 Å². The van der Waals surface area contributed by atoms with E-state index >= 15 is 0 Å². The van der Waals surface area contributed by atoms with Gasteiger partial charge in [-0.1, -0.05) is 48.5 Å². The lowest BCUT2D eigenvalue weighted by Gasteiger charge is -2.06. The van der Waals surface area contributed by atoms with Crippen LogP contribution >= 0.6 is 11.3 Å². The molecule has 1 N–H and O–H groups in total. The van der Waals surface area contributed by atoms with Gasteiger partial charge in [0.15, 0.2) is 0 Å². The fourth-order valence-electron chi connectivity index (χ4n) is 3.94. The summed E-state index contributed by atoms with van der Waals surface area (Å²) in [5.41, 5.74) is 3.97. The van der Waals surface area contributed by atoms with E-state index in [0.29, 0.717) is 17.1 Å². The number of para-hydroxylation sites is 1. The third-order valence-corrected chi connectivity index (χ3v) is 6.89. The van der Waals surface area contributed by atoms with Crippen LogP contribution in [0, 0.1) is 25.2 Å². The van der Waals surface area contributed by atoms with E-state index in [1.165, 1.54) is 11.3 Å². The smallest absolute Gasteiger partial charge is 0.341 e. The number of nitrogens with zero attached hydrogens (tertiary/aromatic N) is 2. The molecular formula is C28H25N3O3S. The molecule has 0 bridgehead atoms. The molecule has 7 heteroatoms. The average Bonchev–Trinajstić information content (AvgIpc) is 3.34. The first kappa shape index (κ1) is 24.0. The van der Waals surface area contributed by atoms with Crippen LogP contribution in [0.25, 0.3) is 17.0 Å². The minimum absolute atomic E-state index is 0.0499. The summed E-state index contributed by atoms with van der Waals surface area (Å²) in [6.07, 6.45) is 3.54. The van der Waals surface area contributed by atoms with Gasteiger partial charge in [-0.25, -0.2) is 4.79 Å². The number of nitriles is 1. The molecule has 4 rings (SSSR count). The van der Waals surface area contributed by atoms with Crippen molar-refractivity contribution in [1.82, 2.24) is 4.57 Å². The number of aromatic nitrogens is 1. The van der Waals surface area contributed by atoms with Gasteiger partial charge in [-0.05, 0) is 44.0 Å². The zero-order chi connectivity index (χ0) is 24.9. The van der Waals surface area contributed by atoms with Crippen LogP contribution in [0.5, 0.6) is 0 Å². The molecule has 0 radical (unpaired) electrons. The quantitative estimate of drug-likeness (QED) is 0.196. The van der Waals surface area contributed by atoms with Crippen molar-refractivity contribution in [1.29, 1.82) is 5.26 Å². The monoisotopic (exact) mass is 483 g/mol. The van der Waals surface area contributed by atoms with Crippen molar-refractivity contribution in [2.45, 2.75) is 27.3 Å². The van der Waals surface area contributed by atoms with E-state index in [2.05, 4.69) is 22.0 Å². The van der Waals surface area contributed by atoms with Crippen molar-refractivity contribution >= 4 is 45.2 Å². The van der Waals surface area contributed by atoms with Crippen molar-refractivity contribution < 1.29 is 14.3 Å². The Hall–Kier alpha value is -4.15. The number of aryl methyl sites for hydroxylation is 1. The number of amides is 1. The van der Waals surface area contributed by atoms with Crippen molar-refractivity contribution in [3.63, 3.8) is 0 Å². The van der Waals surface area contributed by atoms with Gasteiger partial charge in [-0.15, -0.1) is 11.3 Å². The Balaban J connectivity index is 1.68. The zero-order valence-corrected chi connectivity index (χ0v) is 20.6. The molecule has 4 aromatic rings. The van der Waals surface area contributed by atoms with Gasteiger partial charge in [0, 0.05) is 34.1 Å². The standard InChI is InChI=1S/C28H25N3O3S/c1-4-34-28(33)25-18(2)19(3)35-27(25)30-26(32)21(15-29)14-22-17-31(16-20-10-6-5-7-11-20)24-13-9-8-12-23(22)24/h5-14,17H,4,16H2,1-3H3,(H,30,32)/b21-14+. The third kappa shape index (κ3) is 5.03. The number of nitrogens with one attached hydrogen (secondary N) is 1. The first-order valence-electron chi connectivity index (χ1n) is 11.2. The highest BCUT2D eigenvalue weighted by Gasteiger charge is 2.23. The highest BCUT2D eigenvalue weighted by atomic mass is 32.1. The Bertz CT molecular complexity index is 1470. The van der Waals surface area contributed by atoms with Crippen molar-refractivity contribution in [2.24, 2.45) is 0 Å². The third-order valence-electron chi connectivity index (χ3n) is 5.77. The van der Waals surface area contributed by atoms with Crippen molar-refractivity contribution in [2.75, 3.05) is 11.9 Å². The maximum atomic E-state index is 13.1. The normalized spacial score (nSPS) is 11.3. The number of hydrogen-bond acceptors (Lipinski definition) is 5. The molecule has 0 fully saturated rings. The second kappa shape index (κ2) is 10.4. The van der Waals surface area contributed by atoms with Gasteiger partial charge in [-0.2, -0.15) is 5.26 Å². The van der Waals surface area contributed by atoms with Gasteiger partial charge >= 0.3 is 5.97 Å². The molecule has 0 aliphatic carbocycles. The second-order valence-electron chi connectivity index (χ2n) is 8.05. The maximum absolute atomic E-state index is 13.1. The summed E-state index contributed by atoms with van der Waals surface area (Å²) in [6.45, 7) is 6.32. The van der Waals surface area contributed by atoms with Crippen molar-refractivity contribution in [3.8, 4) is 6.07 Å². The molecule has 1 amide bonds. The van der Waals surface area contributed by atoms with Gasteiger partial charge < -0.3 is 14.6 Å². The highest BCUT2D eigenvalue weighted by molar-refractivity contribution is 7.16. The van der Waals surface area contributed by atoms with E-state index in [1.54, 1.807) is 13.0 Å². The number of thiophene rings is 1. The summed E-state index contributed by atoms with van der Waals surface area (Å²) in [4.78, 5) is 26.4. The first-order chi connectivity index (χ1) is 16.9. The number of ether oxygens (including phenoxy) is 1. The summed E-state index contributed by atoms with van der Waals surface area (Å²) >= 11 is 1.29.